The summed E-state index contributed by atoms with van der Waals surface area (Å²) in [7, 11) is 0. The van der Waals surface area contributed by atoms with Gasteiger partial charge in [0.1, 0.15) is 6.04 Å². The maximum Gasteiger partial charge on any atom is 0.326 e. The third kappa shape index (κ3) is 3.21. The van der Waals surface area contributed by atoms with Crippen LogP contribution in [0.3, 0.4) is 0 Å². The fraction of sp³-hybridized carbons (Fsp3) is 0.444. The molecule has 1 N–H and O–H groups in total. The standard InChI is InChI=1S/C18H21NO3/c20-17(14-8-4-5-9-14)19(15-10-11-15)16(18(21)22)12-13-6-2-1-3-7-13/h1-7,14-16H,8-12H2,(H,21,22)/t16-/m1/s1. The highest BCUT2D eigenvalue weighted by molar-refractivity contribution is 5.86. The van der Waals surface area contributed by atoms with Gasteiger partial charge >= 0.3 is 5.97 Å². The molecular weight excluding hydrogens is 278 g/mol. The summed E-state index contributed by atoms with van der Waals surface area (Å²) >= 11 is 0. The van der Waals surface area contributed by atoms with Gasteiger partial charge in [-0.3, -0.25) is 4.79 Å². The zero-order chi connectivity index (χ0) is 15.5. The zero-order valence-corrected chi connectivity index (χ0v) is 12.5. The first-order chi connectivity index (χ1) is 10.7. The smallest absolute Gasteiger partial charge is 0.326 e. The summed E-state index contributed by atoms with van der Waals surface area (Å²) in [5.74, 6) is -0.968. The molecule has 0 heterocycles. The molecule has 4 heteroatoms. The van der Waals surface area contributed by atoms with Crippen molar-refractivity contribution in [2.75, 3.05) is 0 Å². The van der Waals surface area contributed by atoms with Gasteiger partial charge in [0.2, 0.25) is 5.91 Å². The van der Waals surface area contributed by atoms with Gasteiger partial charge in [-0.25, -0.2) is 4.79 Å². The molecule has 4 nitrogen and oxygen atoms in total. The first-order valence-electron chi connectivity index (χ1n) is 7.90. The van der Waals surface area contributed by atoms with Gasteiger partial charge in [0.25, 0.3) is 0 Å². The Bertz CT molecular complexity index is 569. The number of aliphatic carboxylic acids is 1. The maximum absolute atomic E-state index is 12.8. The van der Waals surface area contributed by atoms with Crippen molar-refractivity contribution in [1.82, 2.24) is 4.90 Å². The maximum atomic E-state index is 12.8. The second-order valence-corrected chi connectivity index (χ2v) is 6.16. The Kier molecular flexibility index (Phi) is 4.27. The third-order valence-electron chi connectivity index (χ3n) is 4.44. The SMILES string of the molecule is O=C(O)[C@@H](Cc1ccccc1)N(C(=O)C1CC=CC1)C1CC1. The second kappa shape index (κ2) is 6.34. The fourth-order valence-electron chi connectivity index (χ4n) is 3.11. The Balaban J connectivity index is 1.80. The number of nitrogens with zero attached hydrogens (tertiary/aromatic N) is 1. The van der Waals surface area contributed by atoms with E-state index in [9.17, 15) is 14.7 Å². The first-order valence-corrected chi connectivity index (χ1v) is 7.90. The minimum atomic E-state index is -0.907. The molecule has 1 fully saturated rings. The van der Waals surface area contributed by atoms with Crippen molar-refractivity contribution in [2.24, 2.45) is 5.92 Å². The molecule has 1 aromatic carbocycles. The quantitative estimate of drug-likeness (QED) is 0.822. The molecule has 0 bridgehead atoms. The predicted octanol–water partition coefficient (Wildman–Crippen LogP) is 2.64. The number of benzene rings is 1. The molecular formula is C18H21NO3. The van der Waals surface area contributed by atoms with E-state index in [1.165, 1.54) is 0 Å². The van der Waals surface area contributed by atoms with Crippen LogP contribution in [0.15, 0.2) is 42.5 Å². The Labute approximate surface area is 130 Å². The lowest BCUT2D eigenvalue weighted by molar-refractivity contribution is -0.152. The van der Waals surface area contributed by atoms with Gasteiger partial charge in [0.15, 0.2) is 0 Å². The van der Waals surface area contributed by atoms with Crippen molar-refractivity contribution in [3.8, 4) is 0 Å². The zero-order valence-electron chi connectivity index (χ0n) is 12.5. The predicted molar refractivity (Wildman–Crippen MR) is 83.3 cm³/mol. The molecule has 0 unspecified atom stereocenters. The summed E-state index contributed by atoms with van der Waals surface area (Å²) in [4.78, 5) is 26.2. The van der Waals surface area contributed by atoms with Crippen LogP contribution in [0.25, 0.3) is 0 Å². The Morgan fingerprint density at radius 3 is 2.32 bits per heavy atom. The minimum absolute atomic E-state index is 0.0100. The van der Waals surface area contributed by atoms with Gasteiger partial charge < -0.3 is 10.0 Å². The van der Waals surface area contributed by atoms with Crippen LogP contribution in [0.2, 0.25) is 0 Å². The molecule has 2 aliphatic rings. The van der Waals surface area contributed by atoms with Crippen LogP contribution in [0, 0.1) is 5.92 Å². The number of hydrogen-bond acceptors (Lipinski definition) is 2. The number of allylic oxidation sites excluding steroid dienone is 2. The van der Waals surface area contributed by atoms with E-state index in [1.807, 2.05) is 42.5 Å². The van der Waals surface area contributed by atoms with Crippen molar-refractivity contribution < 1.29 is 14.7 Å². The third-order valence-corrected chi connectivity index (χ3v) is 4.44. The summed E-state index contributed by atoms with van der Waals surface area (Å²) in [6.45, 7) is 0. The topological polar surface area (TPSA) is 57.6 Å². The number of rotatable bonds is 6. The molecule has 0 aromatic heterocycles. The number of carbonyl (C=O) groups excluding carboxylic acids is 1. The second-order valence-electron chi connectivity index (χ2n) is 6.16. The van der Waals surface area contributed by atoms with E-state index >= 15 is 0 Å². The summed E-state index contributed by atoms with van der Waals surface area (Å²) in [5, 5.41) is 9.66. The monoisotopic (exact) mass is 299 g/mol. The van der Waals surface area contributed by atoms with Crippen LogP contribution in [-0.4, -0.2) is 34.0 Å². The Morgan fingerprint density at radius 1 is 1.14 bits per heavy atom. The van der Waals surface area contributed by atoms with Gasteiger partial charge in [-0.05, 0) is 31.2 Å². The fourth-order valence-corrected chi connectivity index (χ4v) is 3.11. The van der Waals surface area contributed by atoms with E-state index < -0.39 is 12.0 Å². The summed E-state index contributed by atoms with van der Waals surface area (Å²) < 4.78 is 0. The molecule has 0 saturated heterocycles. The number of amides is 1. The van der Waals surface area contributed by atoms with E-state index in [1.54, 1.807) is 4.90 Å². The summed E-state index contributed by atoms with van der Waals surface area (Å²) in [5.41, 5.74) is 0.956. The van der Waals surface area contributed by atoms with E-state index in [4.69, 9.17) is 0 Å². The van der Waals surface area contributed by atoms with Gasteiger partial charge in [-0.1, -0.05) is 42.5 Å². The normalized spacial score (nSPS) is 19.1. The Hall–Kier alpha value is -2.10. The van der Waals surface area contributed by atoms with Crippen molar-refractivity contribution in [3.63, 3.8) is 0 Å². The molecule has 2 aliphatic carbocycles. The Morgan fingerprint density at radius 2 is 1.77 bits per heavy atom. The lowest BCUT2D eigenvalue weighted by Crippen LogP contribution is -2.49. The summed E-state index contributed by atoms with van der Waals surface area (Å²) in [6, 6.07) is 8.90. The lowest BCUT2D eigenvalue weighted by atomic mass is 10.00. The van der Waals surface area contributed by atoms with Crippen LogP contribution in [-0.2, 0) is 16.0 Å². The van der Waals surface area contributed by atoms with Crippen molar-refractivity contribution >= 4 is 11.9 Å². The van der Waals surface area contributed by atoms with Gasteiger partial charge in [-0.2, -0.15) is 0 Å². The molecule has 1 aromatic rings. The van der Waals surface area contributed by atoms with Crippen molar-refractivity contribution in [3.05, 3.63) is 48.0 Å². The molecule has 22 heavy (non-hydrogen) atoms. The lowest BCUT2D eigenvalue weighted by Gasteiger charge is -2.31. The largest absolute Gasteiger partial charge is 0.480 e. The van der Waals surface area contributed by atoms with E-state index in [-0.39, 0.29) is 17.9 Å². The van der Waals surface area contributed by atoms with E-state index in [2.05, 4.69) is 0 Å². The van der Waals surface area contributed by atoms with Gasteiger partial charge in [0.05, 0.1) is 0 Å². The molecule has 0 aliphatic heterocycles. The minimum Gasteiger partial charge on any atom is -0.480 e. The number of carboxylic acid groups (broad SMARTS) is 1. The van der Waals surface area contributed by atoms with Crippen molar-refractivity contribution in [1.29, 1.82) is 0 Å². The molecule has 0 radical (unpaired) electrons. The number of carbonyl (C=O) groups is 2. The van der Waals surface area contributed by atoms with E-state index in [0.29, 0.717) is 6.42 Å². The molecule has 116 valence electrons. The molecule has 0 spiro atoms. The van der Waals surface area contributed by atoms with Crippen LogP contribution >= 0.6 is 0 Å². The van der Waals surface area contributed by atoms with Crippen LogP contribution < -0.4 is 0 Å². The molecule has 1 atom stereocenters. The first kappa shape index (κ1) is 14.8. The molecule has 1 amide bonds. The van der Waals surface area contributed by atoms with Crippen molar-refractivity contribution in [2.45, 2.75) is 44.2 Å². The van der Waals surface area contributed by atoms with E-state index in [0.717, 1.165) is 31.2 Å². The number of carboxylic acids is 1. The highest BCUT2D eigenvalue weighted by Crippen LogP contribution is 2.33. The molecule has 3 rings (SSSR count). The average Bonchev–Trinajstić information content (AvgIpc) is 3.20. The van der Waals surface area contributed by atoms with Gasteiger partial charge in [-0.15, -0.1) is 0 Å². The number of hydrogen-bond donors (Lipinski definition) is 1. The van der Waals surface area contributed by atoms with Gasteiger partial charge in [0, 0.05) is 18.4 Å². The van der Waals surface area contributed by atoms with Crippen LogP contribution in [0.1, 0.15) is 31.2 Å². The summed E-state index contributed by atoms with van der Waals surface area (Å²) in [6.07, 6.45) is 7.72. The van der Waals surface area contributed by atoms with Crippen LogP contribution in [0.5, 0.6) is 0 Å². The average molecular weight is 299 g/mol. The van der Waals surface area contributed by atoms with Crippen LogP contribution in [0.4, 0.5) is 0 Å². The molecule has 1 saturated carbocycles. The highest BCUT2D eigenvalue weighted by Gasteiger charge is 2.42. The highest BCUT2D eigenvalue weighted by atomic mass is 16.4.